The number of nitrogens with two attached hydrogens (primary N) is 1. The van der Waals surface area contributed by atoms with Gasteiger partial charge in [0.1, 0.15) is 16.2 Å². The van der Waals surface area contributed by atoms with Crippen molar-refractivity contribution in [1.82, 2.24) is 9.97 Å². The zero-order valence-electron chi connectivity index (χ0n) is 15.4. The average molecular weight is 410 g/mol. The molecule has 1 aliphatic rings. The van der Waals surface area contributed by atoms with E-state index in [1.54, 1.807) is 17.4 Å². The number of nitrogens with zero attached hydrogens (tertiary/aromatic N) is 2. The summed E-state index contributed by atoms with van der Waals surface area (Å²) in [6, 6.07) is 7.46. The van der Waals surface area contributed by atoms with E-state index in [-0.39, 0.29) is 5.63 Å². The number of rotatable bonds is 3. The third kappa shape index (κ3) is 3.08. The van der Waals surface area contributed by atoms with Crippen molar-refractivity contribution < 1.29 is 4.42 Å². The second-order valence-electron chi connectivity index (χ2n) is 7.16. The summed E-state index contributed by atoms with van der Waals surface area (Å²) in [4.78, 5) is 23.6. The van der Waals surface area contributed by atoms with E-state index < -0.39 is 0 Å². The minimum Gasteiger partial charge on any atom is -0.423 e. The van der Waals surface area contributed by atoms with E-state index in [9.17, 15) is 4.79 Å². The van der Waals surface area contributed by atoms with Crippen molar-refractivity contribution in [2.75, 3.05) is 5.73 Å². The molecule has 142 valence electrons. The maximum Gasteiger partial charge on any atom is 0.336 e. The van der Waals surface area contributed by atoms with Gasteiger partial charge in [-0.15, -0.1) is 11.3 Å². The molecule has 0 bridgehead atoms. The lowest BCUT2D eigenvalue weighted by atomic mass is 9.97. The van der Waals surface area contributed by atoms with E-state index in [4.69, 9.17) is 15.1 Å². The third-order valence-corrected chi connectivity index (χ3v) is 7.25. The number of hydrogen-bond acceptors (Lipinski definition) is 7. The minimum absolute atomic E-state index is 0.337. The number of thiophene rings is 1. The Kier molecular flexibility index (Phi) is 4.36. The van der Waals surface area contributed by atoms with Crippen LogP contribution in [0.25, 0.3) is 21.2 Å². The van der Waals surface area contributed by atoms with Gasteiger partial charge in [0.25, 0.3) is 0 Å². The van der Waals surface area contributed by atoms with E-state index in [0.717, 1.165) is 39.6 Å². The van der Waals surface area contributed by atoms with Gasteiger partial charge in [-0.1, -0.05) is 23.9 Å². The zero-order chi connectivity index (χ0) is 19.3. The van der Waals surface area contributed by atoms with Crippen LogP contribution in [-0.4, -0.2) is 9.97 Å². The normalized spacial score (nSPS) is 13.9. The second kappa shape index (κ2) is 6.90. The van der Waals surface area contributed by atoms with Crippen molar-refractivity contribution in [3.8, 4) is 0 Å². The van der Waals surface area contributed by atoms with E-state index in [1.165, 1.54) is 35.0 Å². The Bertz CT molecular complexity index is 1280. The molecule has 0 spiro atoms. The molecule has 0 amide bonds. The van der Waals surface area contributed by atoms with E-state index >= 15 is 0 Å². The highest BCUT2D eigenvalue weighted by Gasteiger charge is 2.20. The van der Waals surface area contributed by atoms with Crippen LogP contribution in [0.3, 0.4) is 0 Å². The Morgan fingerprint density at radius 2 is 2.07 bits per heavy atom. The molecular formula is C21H19N3O2S2. The number of anilines is 1. The molecule has 0 atom stereocenters. The summed E-state index contributed by atoms with van der Waals surface area (Å²) in [5, 5.41) is 2.64. The molecule has 2 N–H and O–H groups in total. The number of aryl methyl sites for hydroxylation is 3. The quantitative estimate of drug-likeness (QED) is 0.296. The predicted molar refractivity (Wildman–Crippen MR) is 115 cm³/mol. The number of nitrogen functional groups attached to an aromatic ring is 1. The summed E-state index contributed by atoms with van der Waals surface area (Å²) in [6.07, 6.45) is 4.62. The highest BCUT2D eigenvalue weighted by Crippen LogP contribution is 2.39. The van der Waals surface area contributed by atoms with Gasteiger partial charge in [-0.05, 0) is 55.4 Å². The summed E-state index contributed by atoms with van der Waals surface area (Å²) in [5.41, 5.74) is 9.91. The van der Waals surface area contributed by atoms with Gasteiger partial charge >= 0.3 is 5.63 Å². The Morgan fingerprint density at radius 3 is 2.96 bits per heavy atom. The fourth-order valence-electron chi connectivity index (χ4n) is 3.83. The maximum absolute atomic E-state index is 11.9. The topological polar surface area (TPSA) is 82.0 Å². The Labute approximate surface area is 170 Å². The number of hydrogen-bond donors (Lipinski definition) is 1. The highest BCUT2D eigenvalue weighted by atomic mass is 32.2. The van der Waals surface area contributed by atoms with Crippen LogP contribution in [0.1, 0.15) is 34.4 Å². The molecule has 0 unspecified atom stereocenters. The summed E-state index contributed by atoms with van der Waals surface area (Å²) >= 11 is 3.25. The fourth-order valence-corrected chi connectivity index (χ4v) is 6.00. The number of thioether (sulfide) groups is 1. The van der Waals surface area contributed by atoms with Crippen LogP contribution in [0.2, 0.25) is 0 Å². The van der Waals surface area contributed by atoms with Crippen LogP contribution < -0.4 is 11.4 Å². The average Bonchev–Trinajstić information content (AvgIpc) is 3.04. The van der Waals surface area contributed by atoms with Gasteiger partial charge < -0.3 is 10.2 Å². The molecule has 3 heterocycles. The summed E-state index contributed by atoms with van der Waals surface area (Å²) in [6.45, 7) is 1.98. The van der Waals surface area contributed by atoms with Gasteiger partial charge in [0.05, 0.1) is 5.39 Å². The van der Waals surface area contributed by atoms with Crippen molar-refractivity contribution in [3.05, 3.63) is 56.3 Å². The van der Waals surface area contributed by atoms with Crippen molar-refractivity contribution in [2.45, 2.75) is 43.5 Å². The van der Waals surface area contributed by atoms with Crippen molar-refractivity contribution in [1.29, 1.82) is 0 Å². The lowest BCUT2D eigenvalue weighted by Crippen LogP contribution is -2.02. The Morgan fingerprint density at radius 1 is 1.21 bits per heavy atom. The van der Waals surface area contributed by atoms with Crippen molar-refractivity contribution in [3.63, 3.8) is 0 Å². The predicted octanol–water partition coefficient (Wildman–Crippen LogP) is 4.86. The van der Waals surface area contributed by atoms with E-state index in [0.29, 0.717) is 22.3 Å². The zero-order valence-corrected chi connectivity index (χ0v) is 17.1. The van der Waals surface area contributed by atoms with Gasteiger partial charge in [0.2, 0.25) is 0 Å². The SMILES string of the molecule is Cc1ccc2c(CSc3nc(N)c4c5c(sc4n3)CCCC5)cc(=O)oc2c1. The number of fused-ring (bicyclic) bond motifs is 4. The molecule has 1 aliphatic carbocycles. The summed E-state index contributed by atoms with van der Waals surface area (Å²) in [5.74, 6) is 1.15. The molecule has 4 aromatic rings. The van der Waals surface area contributed by atoms with Gasteiger partial charge in [0.15, 0.2) is 5.16 Å². The molecule has 0 saturated heterocycles. The van der Waals surface area contributed by atoms with E-state index in [1.807, 2.05) is 25.1 Å². The van der Waals surface area contributed by atoms with Crippen LogP contribution >= 0.6 is 23.1 Å². The molecule has 3 aromatic heterocycles. The minimum atomic E-state index is -0.337. The third-order valence-electron chi connectivity index (χ3n) is 5.16. The van der Waals surface area contributed by atoms with Crippen LogP contribution in [0.15, 0.2) is 38.6 Å². The first-order valence-electron chi connectivity index (χ1n) is 9.32. The summed E-state index contributed by atoms with van der Waals surface area (Å²) in [7, 11) is 0. The molecule has 7 heteroatoms. The molecule has 0 fully saturated rings. The Hall–Kier alpha value is -2.38. The highest BCUT2D eigenvalue weighted by molar-refractivity contribution is 7.98. The molecule has 28 heavy (non-hydrogen) atoms. The van der Waals surface area contributed by atoms with Crippen molar-refractivity contribution >= 4 is 50.1 Å². The van der Waals surface area contributed by atoms with Gasteiger partial charge in [-0.3, -0.25) is 0 Å². The number of benzene rings is 1. The first-order chi connectivity index (χ1) is 13.6. The smallest absolute Gasteiger partial charge is 0.336 e. The van der Waals surface area contributed by atoms with Crippen LogP contribution in [0.4, 0.5) is 5.82 Å². The molecule has 0 radical (unpaired) electrons. The molecule has 5 nitrogen and oxygen atoms in total. The van der Waals surface area contributed by atoms with Crippen LogP contribution in [0.5, 0.6) is 0 Å². The lowest BCUT2D eigenvalue weighted by molar-refractivity contribution is 0.559. The molecule has 0 aliphatic heterocycles. The largest absolute Gasteiger partial charge is 0.423 e. The number of aromatic nitrogens is 2. The Balaban J connectivity index is 1.50. The first-order valence-corrected chi connectivity index (χ1v) is 11.1. The van der Waals surface area contributed by atoms with Gasteiger partial charge in [-0.25, -0.2) is 14.8 Å². The molecular weight excluding hydrogens is 390 g/mol. The van der Waals surface area contributed by atoms with Crippen LogP contribution in [0, 0.1) is 6.92 Å². The maximum atomic E-state index is 11.9. The summed E-state index contributed by atoms with van der Waals surface area (Å²) < 4.78 is 5.34. The molecule has 1 aromatic carbocycles. The van der Waals surface area contributed by atoms with Crippen molar-refractivity contribution in [2.24, 2.45) is 0 Å². The molecule has 5 rings (SSSR count). The fraction of sp³-hybridized carbons (Fsp3) is 0.286. The first kappa shape index (κ1) is 17.7. The van der Waals surface area contributed by atoms with Gasteiger partial charge in [-0.2, -0.15) is 0 Å². The lowest BCUT2D eigenvalue weighted by Gasteiger charge is -2.10. The van der Waals surface area contributed by atoms with Gasteiger partial charge in [0, 0.05) is 22.1 Å². The standard InChI is InChI=1S/C21H19N3O2S2/c1-11-6-7-13-12(9-17(25)26-15(13)8-11)10-27-21-23-19(22)18-14-4-2-3-5-16(14)28-20(18)24-21/h6-9H,2-5,10H2,1H3,(H2,22,23,24). The van der Waals surface area contributed by atoms with E-state index in [2.05, 4.69) is 4.98 Å². The molecule has 0 saturated carbocycles. The monoisotopic (exact) mass is 409 g/mol. The van der Waals surface area contributed by atoms with Crippen LogP contribution in [-0.2, 0) is 18.6 Å². The second-order valence-corrected chi connectivity index (χ2v) is 9.19.